The summed E-state index contributed by atoms with van der Waals surface area (Å²) in [5.74, 6) is 0.883. The van der Waals surface area contributed by atoms with Crippen LogP contribution in [0.2, 0.25) is 0 Å². The van der Waals surface area contributed by atoms with E-state index in [0.717, 1.165) is 42.0 Å². The number of benzene rings is 1. The molecule has 1 aromatic heterocycles. The van der Waals surface area contributed by atoms with Gasteiger partial charge in [0.2, 0.25) is 5.91 Å². The zero-order valence-electron chi connectivity index (χ0n) is 16.5. The molecule has 1 fully saturated rings. The van der Waals surface area contributed by atoms with Gasteiger partial charge >= 0.3 is 0 Å². The normalized spacial score (nSPS) is 16.1. The van der Waals surface area contributed by atoms with Crippen LogP contribution in [0.25, 0.3) is 0 Å². The van der Waals surface area contributed by atoms with E-state index in [1.54, 1.807) is 14.0 Å². The number of ether oxygens (including phenoxy) is 1. The number of hydrogen-bond acceptors (Lipinski definition) is 4. The third kappa shape index (κ3) is 3.79. The Morgan fingerprint density at radius 2 is 2.18 bits per heavy atom. The van der Waals surface area contributed by atoms with Gasteiger partial charge < -0.3 is 14.6 Å². The van der Waals surface area contributed by atoms with Crippen LogP contribution in [0.3, 0.4) is 0 Å². The number of likely N-dealkylation sites (tertiary alicyclic amines) is 1. The number of methoxy groups -OCH3 is 1. The molecule has 1 N–H and O–H groups in total. The summed E-state index contributed by atoms with van der Waals surface area (Å²) in [6, 6.07) is 9.91. The predicted molar refractivity (Wildman–Crippen MR) is 106 cm³/mol. The van der Waals surface area contributed by atoms with Crippen molar-refractivity contribution in [2.45, 2.75) is 45.6 Å². The lowest BCUT2D eigenvalue weighted by atomic mass is 9.98. The van der Waals surface area contributed by atoms with Gasteiger partial charge in [-0.2, -0.15) is 5.26 Å². The van der Waals surface area contributed by atoms with Crippen molar-refractivity contribution in [1.82, 2.24) is 9.88 Å². The molecule has 1 aliphatic rings. The van der Waals surface area contributed by atoms with Gasteiger partial charge in [-0.25, -0.2) is 0 Å². The smallest absolute Gasteiger partial charge is 0.266 e. The van der Waals surface area contributed by atoms with Gasteiger partial charge in [-0.3, -0.25) is 9.59 Å². The highest BCUT2D eigenvalue weighted by Crippen LogP contribution is 2.34. The molecule has 6 nitrogen and oxygen atoms in total. The van der Waals surface area contributed by atoms with Crippen LogP contribution in [0.15, 0.2) is 29.1 Å². The molecule has 0 radical (unpaired) electrons. The van der Waals surface area contributed by atoms with E-state index in [-0.39, 0.29) is 23.1 Å². The molecule has 1 aromatic carbocycles. The van der Waals surface area contributed by atoms with Gasteiger partial charge in [0.25, 0.3) is 5.56 Å². The lowest BCUT2D eigenvalue weighted by molar-refractivity contribution is -0.132. The van der Waals surface area contributed by atoms with Crippen molar-refractivity contribution in [3.05, 3.63) is 62.6 Å². The number of amides is 1. The highest BCUT2D eigenvalue weighted by Gasteiger charge is 2.30. The molecule has 0 spiro atoms. The zero-order chi connectivity index (χ0) is 20.3. The number of nitrogens with zero attached hydrogens (tertiary/aromatic N) is 2. The number of aryl methyl sites for hydroxylation is 1. The van der Waals surface area contributed by atoms with Crippen LogP contribution in [-0.4, -0.2) is 29.4 Å². The molecule has 1 amide bonds. The summed E-state index contributed by atoms with van der Waals surface area (Å²) in [5, 5.41) is 9.21. The molecule has 0 aliphatic carbocycles. The van der Waals surface area contributed by atoms with Crippen LogP contribution in [0.4, 0.5) is 0 Å². The summed E-state index contributed by atoms with van der Waals surface area (Å²) in [4.78, 5) is 29.5. The lowest BCUT2D eigenvalue weighted by Crippen LogP contribution is -2.31. The molecule has 6 heteroatoms. The van der Waals surface area contributed by atoms with Gasteiger partial charge in [0.1, 0.15) is 17.4 Å². The standard InChI is InChI=1S/C22H25N3O3/c1-14-18(15(2)24-22(27)19(14)13-23)9-10-21(26)25-11-5-8-20(25)16-6-4-7-17(12-16)28-3/h4,6-7,12,20H,5,8-11H2,1-3H3,(H,24,27). The van der Waals surface area contributed by atoms with Crippen LogP contribution in [-0.2, 0) is 11.2 Å². The van der Waals surface area contributed by atoms with Gasteiger partial charge in [0, 0.05) is 18.7 Å². The second-order valence-corrected chi connectivity index (χ2v) is 7.19. The quantitative estimate of drug-likeness (QED) is 0.864. The van der Waals surface area contributed by atoms with Crippen molar-refractivity contribution in [3.63, 3.8) is 0 Å². The monoisotopic (exact) mass is 379 g/mol. The van der Waals surface area contributed by atoms with E-state index in [1.165, 1.54) is 0 Å². The average molecular weight is 379 g/mol. The second-order valence-electron chi connectivity index (χ2n) is 7.19. The Bertz CT molecular complexity index is 987. The van der Waals surface area contributed by atoms with E-state index in [2.05, 4.69) is 4.98 Å². The number of carbonyl (C=O) groups is 1. The fraction of sp³-hybridized carbons (Fsp3) is 0.409. The summed E-state index contributed by atoms with van der Waals surface area (Å²) >= 11 is 0. The minimum Gasteiger partial charge on any atom is -0.497 e. The number of aromatic nitrogens is 1. The van der Waals surface area contributed by atoms with E-state index in [9.17, 15) is 14.9 Å². The van der Waals surface area contributed by atoms with Gasteiger partial charge in [0.15, 0.2) is 0 Å². The summed E-state index contributed by atoms with van der Waals surface area (Å²) in [7, 11) is 1.64. The average Bonchev–Trinajstić information content (AvgIpc) is 3.17. The van der Waals surface area contributed by atoms with Crippen molar-refractivity contribution < 1.29 is 9.53 Å². The van der Waals surface area contributed by atoms with E-state index < -0.39 is 0 Å². The summed E-state index contributed by atoms with van der Waals surface area (Å²) in [6.07, 6.45) is 2.76. The number of carbonyl (C=O) groups excluding carboxylic acids is 1. The van der Waals surface area contributed by atoms with Gasteiger partial charge in [0.05, 0.1) is 13.2 Å². The molecule has 3 rings (SSSR count). The van der Waals surface area contributed by atoms with Crippen molar-refractivity contribution in [3.8, 4) is 11.8 Å². The molecule has 1 atom stereocenters. The van der Waals surface area contributed by atoms with Crippen molar-refractivity contribution in [2.75, 3.05) is 13.7 Å². The van der Waals surface area contributed by atoms with Crippen LogP contribution in [0.5, 0.6) is 5.75 Å². The number of hydrogen-bond donors (Lipinski definition) is 1. The van der Waals surface area contributed by atoms with Crippen molar-refractivity contribution in [2.24, 2.45) is 0 Å². The first kappa shape index (κ1) is 19.7. The maximum Gasteiger partial charge on any atom is 0.266 e. The van der Waals surface area contributed by atoms with Crippen LogP contribution < -0.4 is 10.3 Å². The number of nitrogens with one attached hydrogen (secondary N) is 1. The molecule has 1 aliphatic heterocycles. The summed E-state index contributed by atoms with van der Waals surface area (Å²) < 4.78 is 5.31. The Balaban J connectivity index is 1.76. The van der Waals surface area contributed by atoms with Gasteiger partial charge in [-0.15, -0.1) is 0 Å². The largest absolute Gasteiger partial charge is 0.497 e. The molecular formula is C22H25N3O3. The Labute approximate surface area is 164 Å². The number of nitriles is 1. The molecule has 2 aromatic rings. The SMILES string of the molecule is COc1cccc(C2CCCN2C(=O)CCc2c(C)[nH]c(=O)c(C#N)c2C)c1. The molecule has 1 unspecified atom stereocenters. The van der Waals surface area contributed by atoms with Crippen molar-refractivity contribution >= 4 is 5.91 Å². The number of rotatable bonds is 5. The molecule has 1 saturated heterocycles. The molecule has 2 heterocycles. The first-order chi connectivity index (χ1) is 13.5. The topological polar surface area (TPSA) is 86.2 Å². The van der Waals surface area contributed by atoms with Crippen molar-refractivity contribution in [1.29, 1.82) is 5.26 Å². The molecule has 0 saturated carbocycles. The van der Waals surface area contributed by atoms with E-state index in [1.807, 2.05) is 42.2 Å². The highest BCUT2D eigenvalue weighted by molar-refractivity contribution is 5.77. The van der Waals surface area contributed by atoms with E-state index in [0.29, 0.717) is 18.4 Å². The minimum absolute atomic E-state index is 0.0649. The third-order valence-electron chi connectivity index (χ3n) is 5.56. The number of pyridine rings is 1. The fourth-order valence-electron chi connectivity index (χ4n) is 4.06. The second kappa shape index (κ2) is 8.30. The molecule has 0 bridgehead atoms. The Morgan fingerprint density at radius 3 is 2.89 bits per heavy atom. The zero-order valence-corrected chi connectivity index (χ0v) is 16.5. The first-order valence-electron chi connectivity index (χ1n) is 9.52. The molecule has 28 heavy (non-hydrogen) atoms. The third-order valence-corrected chi connectivity index (χ3v) is 5.56. The molecular weight excluding hydrogens is 354 g/mol. The Hall–Kier alpha value is -3.07. The Kier molecular flexibility index (Phi) is 5.84. The van der Waals surface area contributed by atoms with Gasteiger partial charge in [-0.05, 0) is 61.9 Å². The predicted octanol–water partition coefficient (Wildman–Crippen LogP) is 3.17. The van der Waals surface area contributed by atoms with Crippen LogP contribution in [0.1, 0.15) is 53.3 Å². The first-order valence-corrected chi connectivity index (χ1v) is 9.52. The lowest BCUT2D eigenvalue weighted by Gasteiger charge is -2.26. The van der Waals surface area contributed by atoms with Crippen LogP contribution >= 0.6 is 0 Å². The maximum absolute atomic E-state index is 13.0. The van der Waals surface area contributed by atoms with Gasteiger partial charge in [-0.1, -0.05) is 12.1 Å². The minimum atomic E-state index is -0.370. The summed E-state index contributed by atoms with van der Waals surface area (Å²) in [5.41, 5.74) is 3.12. The number of H-pyrrole nitrogens is 1. The number of aromatic amines is 1. The van der Waals surface area contributed by atoms with E-state index in [4.69, 9.17) is 4.74 Å². The fourth-order valence-corrected chi connectivity index (χ4v) is 4.06. The maximum atomic E-state index is 13.0. The van der Waals surface area contributed by atoms with E-state index >= 15 is 0 Å². The summed E-state index contributed by atoms with van der Waals surface area (Å²) in [6.45, 7) is 4.33. The Morgan fingerprint density at radius 1 is 1.39 bits per heavy atom. The van der Waals surface area contributed by atoms with Crippen LogP contribution in [0, 0.1) is 25.2 Å². The highest BCUT2D eigenvalue weighted by atomic mass is 16.5. The molecule has 146 valence electrons.